The zero-order valence-corrected chi connectivity index (χ0v) is 17.2. The fourth-order valence-electron chi connectivity index (χ4n) is 3.44. The van der Waals surface area contributed by atoms with E-state index in [-0.39, 0.29) is 10.6 Å². The number of hydrogen-bond acceptors (Lipinski definition) is 5. The van der Waals surface area contributed by atoms with Crippen LogP contribution in [-0.2, 0) is 4.79 Å². The number of furan rings is 1. The summed E-state index contributed by atoms with van der Waals surface area (Å²) in [6.07, 6.45) is -0.747. The summed E-state index contributed by atoms with van der Waals surface area (Å²) >= 11 is 4.51. The maximum atomic E-state index is 14.2. The molecule has 7 heteroatoms. The molecule has 0 radical (unpaired) electrons. The summed E-state index contributed by atoms with van der Waals surface area (Å²) in [5.41, 5.74) is 2.96. The minimum atomic E-state index is -0.747. The van der Waals surface area contributed by atoms with Crippen molar-refractivity contribution in [1.82, 2.24) is 5.32 Å². The van der Waals surface area contributed by atoms with E-state index in [2.05, 4.69) is 17.9 Å². The number of nitrogens with one attached hydrogen (secondary N) is 1. The third-order valence-electron chi connectivity index (χ3n) is 4.98. The van der Waals surface area contributed by atoms with Crippen LogP contribution in [0.3, 0.4) is 0 Å². The second-order valence-corrected chi connectivity index (χ2v) is 7.45. The van der Waals surface area contributed by atoms with Gasteiger partial charge in [0.25, 0.3) is 5.91 Å². The van der Waals surface area contributed by atoms with Crippen LogP contribution >= 0.6 is 12.6 Å². The highest BCUT2D eigenvalue weighted by Gasteiger charge is 2.36. The molecule has 1 amide bonds. The van der Waals surface area contributed by atoms with Crippen LogP contribution in [0.5, 0.6) is 0 Å². The number of amides is 1. The van der Waals surface area contributed by atoms with Gasteiger partial charge in [0.1, 0.15) is 29.0 Å². The van der Waals surface area contributed by atoms with Crippen LogP contribution in [0.2, 0.25) is 0 Å². The lowest BCUT2D eigenvalue weighted by Crippen LogP contribution is -2.46. The molecular weight excluding hydrogens is 401 g/mol. The van der Waals surface area contributed by atoms with Crippen molar-refractivity contribution in [2.75, 3.05) is 4.90 Å². The van der Waals surface area contributed by atoms with Gasteiger partial charge in [0.05, 0.1) is 10.6 Å². The van der Waals surface area contributed by atoms with Gasteiger partial charge in [-0.2, -0.15) is 5.26 Å². The monoisotopic (exact) mass is 419 g/mol. The van der Waals surface area contributed by atoms with Crippen LogP contribution in [0.15, 0.2) is 69.6 Å². The average Bonchev–Trinajstić information content (AvgIpc) is 3.20. The van der Waals surface area contributed by atoms with E-state index in [0.717, 1.165) is 16.8 Å². The summed E-state index contributed by atoms with van der Waals surface area (Å²) in [5.74, 6) is -0.211. The molecule has 3 aromatic rings. The number of benzene rings is 2. The predicted octanol–water partition coefficient (Wildman–Crippen LogP) is 5.00. The Morgan fingerprint density at radius 1 is 1.17 bits per heavy atom. The highest BCUT2D eigenvalue weighted by molar-refractivity contribution is 7.84. The van der Waals surface area contributed by atoms with E-state index in [1.54, 1.807) is 35.2 Å². The Morgan fingerprint density at radius 2 is 1.93 bits per heavy atom. The van der Waals surface area contributed by atoms with Gasteiger partial charge >= 0.3 is 0 Å². The second kappa shape index (κ2) is 7.73. The molecule has 150 valence electrons. The molecule has 1 aliphatic heterocycles. The van der Waals surface area contributed by atoms with E-state index >= 15 is 0 Å². The average molecular weight is 419 g/mol. The van der Waals surface area contributed by atoms with Crippen molar-refractivity contribution in [3.05, 3.63) is 87.9 Å². The Labute approximate surface area is 178 Å². The van der Waals surface area contributed by atoms with Crippen molar-refractivity contribution in [1.29, 1.82) is 5.26 Å². The normalized spacial score (nSPS) is 16.4. The number of thiol groups is 1. The van der Waals surface area contributed by atoms with E-state index in [0.29, 0.717) is 17.1 Å². The summed E-state index contributed by atoms with van der Waals surface area (Å²) in [5, 5.41) is 12.5. The van der Waals surface area contributed by atoms with E-state index < -0.39 is 17.9 Å². The minimum Gasteiger partial charge on any atom is -0.457 e. The van der Waals surface area contributed by atoms with Crippen LogP contribution in [0, 0.1) is 31.0 Å². The van der Waals surface area contributed by atoms with Gasteiger partial charge in [-0.25, -0.2) is 4.39 Å². The van der Waals surface area contributed by atoms with Gasteiger partial charge in [-0.1, -0.05) is 24.3 Å². The molecule has 1 unspecified atom stereocenters. The SMILES string of the molecule is Cc1ccc(C)c(N2C(S)=C(C#N)C(=O)NC2c2ccc(-c3ccccc3F)o2)c1. The first-order valence-corrected chi connectivity index (χ1v) is 9.70. The molecule has 0 saturated carbocycles. The number of carbonyl (C=O) groups excluding carboxylic acids is 1. The van der Waals surface area contributed by atoms with Crippen molar-refractivity contribution in [3.8, 4) is 17.4 Å². The predicted molar refractivity (Wildman–Crippen MR) is 115 cm³/mol. The van der Waals surface area contributed by atoms with Gasteiger partial charge in [0.15, 0.2) is 6.17 Å². The molecule has 1 aliphatic rings. The number of nitriles is 1. The number of nitrogens with zero attached hydrogens (tertiary/aromatic N) is 2. The topological polar surface area (TPSA) is 69.3 Å². The molecule has 0 aliphatic carbocycles. The Hall–Kier alpha value is -3.50. The van der Waals surface area contributed by atoms with E-state index in [4.69, 9.17) is 4.42 Å². The number of halogens is 1. The molecule has 0 bridgehead atoms. The molecule has 1 aromatic heterocycles. The Kier molecular flexibility index (Phi) is 5.10. The van der Waals surface area contributed by atoms with Crippen molar-refractivity contribution in [3.63, 3.8) is 0 Å². The Bertz CT molecular complexity index is 1230. The fraction of sp³-hybridized carbons (Fsp3) is 0.130. The number of anilines is 1. The summed E-state index contributed by atoms with van der Waals surface area (Å²) in [6.45, 7) is 3.89. The number of aryl methyl sites for hydroxylation is 2. The van der Waals surface area contributed by atoms with E-state index in [1.807, 2.05) is 38.1 Å². The fourth-order valence-corrected chi connectivity index (χ4v) is 3.82. The van der Waals surface area contributed by atoms with Crippen LogP contribution < -0.4 is 10.2 Å². The standard InChI is InChI=1S/C23H18FN3O2S/c1-13-7-8-14(2)18(11-13)27-21(26-22(28)16(12-25)23(27)30)20-10-9-19(29-20)15-5-3-4-6-17(15)24/h3-11,21,30H,1-2H3,(H,26,28). The second-order valence-electron chi connectivity index (χ2n) is 7.03. The molecule has 0 saturated heterocycles. The van der Waals surface area contributed by atoms with Gasteiger partial charge in [-0.05, 0) is 55.3 Å². The highest BCUT2D eigenvalue weighted by atomic mass is 32.1. The molecule has 5 nitrogen and oxygen atoms in total. The number of carbonyl (C=O) groups is 1. The van der Waals surface area contributed by atoms with Crippen LogP contribution in [0.25, 0.3) is 11.3 Å². The summed E-state index contributed by atoms with van der Waals surface area (Å²) in [6, 6.07) is 17.4. The molecule has 1 N–H and O–H groups in total. The molecule has 30 heavy (non-hydrogen) atoms. The zero-order valence-electron chi connectivity index (χ0n) is 16.3. The highest BCUT2D eigenvalue weighted by Crippen LogP contribution is 2.39. The maximum absolute atomic E-state index is 14.2. The lowest BCUT2D eigenvalue weighted by atomic mass is 10.1. The van der Waals surface area contributed by atoms with Crippen molar-refractivity contribution in [2.24, 2.45) is 0 Å². The molecule has 0 spiro atoms. The van der Waals surface area contributed by atoms with Gasteiger partial charge in [-0.3, -0.25) is 4.79 Å². The number of hydrogen-bond donors (Lipinski definition) is 2. The minimum absolute atomic E-state index is 0.0867. The molecule has 4 rings (SSSR count). The summed E-state index contributed by atoms with van der Waals surface area (Å²) < 4.78 is 20.1. The van der Waals surface area contributed by atoms with Gasteiger partial charge in [0, 0.05) is 5.69 Å². The lowest BCUT2D eigenvalue weighted by molar-refractivity contribution is -0.118. The molecule has 2 aromatic carbocycles. The smallest absolute Gasteiger partial charge is 0.266 e. The lowest BCUT2D eigenvalue weighted by Gasteiger charge is -2.37. The molecule has 1 atom stereocenters. The van der Waals surface area contributed by atoms with Crippen molar-refractivity contribution in [2.45, 2.75) is 20.0 Å². The molecular formula is C23H18FN3O2S. The zero-order chi connectivity index (χ0) is 21.4. The summed E-state index contributed by atoms with van der Waals surface area (Å²) in [7, 11) is 0. The summed E-state index contributed by atoms with van der Waals surface area (Å²) in [4.78, 5) is 14.3. The molecule has 0 fully saturated rings. The third kappa shape index (κ3) is 3.36. The maximum Gasteiger partial charge on any atom is 0.266 e. The van der Waals surface area contributed by atoms with Gasteiger partial charge in [0.2, 0.25) is 0 Å². The Morgan fingerprint density at radius 3 is 2.67 bits per heavy atom. The van der Waals surface area contributed by atoms with Crippen molar-refractivity contribution >= 4 is 24.2 Å². The van der Waals surface area contributed by atoms with Crippen molar-refractivity contribution < 1.29 is 13.6 Å². The first-order valence-electron chi connectivity index (χ1n) is 9.26. The largest absolute Gasteiger partial charge is 0.457 e. The van der Waals surface area contributed by atoms with Gasteiger partial charge in [-0.15, -0.1) is 12.6 Å². The van der Waals surface area contributed by atoms with E-state index in [9.17, 15) is 14.4 Å². The quantitative estimate of drug-likeness (QED) is 0.586. The van der Waals surface area contributed by atoms with E-state index in [1.165, 1.54) is 6.07 Å². The first-order chi connectivity index (χ1) is 14.4. The number of rotatable bonds is 3. The van der Waals surface area contributed by atoms with Crippen LogP contribution in [0.1, 0.15) is 23.1 Å². The van der Waals surface area contributed by atoms with Crippen LogP contribution in [-0.4, -0.2) is 5.91 Å². The Balaban J connectivity index is 1.85. The third-order valence-corrected chi connectivity index (χ3v) is 5.42. The van der Waals surface area contributed by atoms with Gasteiger partial charge < -0.3 is 14.6 Å². The molecule has 2 heterocycles. The first kappa shape index (κ1) is 19.8. The van der Waals surface area contributed by atoms with Crippen LogP contribution in [0.4, 0.5) is 10.1 Å².